The van der Waals surface area contributed by atoms with E-state index in [4.69, 9.17) is 8.44 Å². The van der Waals surface area contributed by atoms with Gasteiger partial charge in [-0.2, -0.15) is 0 Å². The van der Waals surface area contributed by atoms with E-state index in [1.165, 1.54) is 6.92 Å². The zero-order valence-electron chi connectivity index (χ0n) is 15.1. The van der Waals surface area contributed by atoms with E-state index < -0.39 is 35.0 Å². The molecule has 0 aliphatic rings. The summed E-state index contributed by atoms with van der Waals surface area (Å²) in [6.07, 6.45) is 0.739. The molecule has 0 fully saturated rings. The largest absolute Gasteiger partial charge is 0.390 e. The first-order valence-corrected chi connectivity index (χ1v) is 11.1. The Balaban J connectivity index is 0.000000470. The Morgan fingerprint density at radius 1 is 0.917 bits per heavy atom. The van der Waals surface area contributed by atoms with Crippen LogP contribution in [0.2, 0.25) is 0 Å². The van der Waals surface area contributed by atoms with Crippen molar-refractivity contribution in [1.29, 1.82) is 0 Å². The molecule has 1 aromatic carbocycles. The van der Waals surface area contributed by atoms with E-state index in [1.54, 1.807) is 12.1 Å². The smallest absolute Gasteiger partial charge is 0.346 e. The number of carbonyl (C=O) groups excluding carboxylic acids is 2. The maximum Gasteiger partial charge on any atom is 0.346 e. The number of benzene rings is 1. The van der Waals surface area contributed by atoms with Crippen molar-refractivity contribution >= 4 is 11.9 Å². The molecule has 0 N–H and O–H groups in total. The van der Waals surface area contributed by atoms with Crippen LogP contribution in [0.15, 0.2) is 24.3 Å². The van der Waals surface area contributed by atoms with Crippen LogP contribution >= 0.6 is 0 Å². The quantitative estimate of drug-likeness (QED) is 0.476. The Morgan fingerprint density at radius 3 is 1.83 bits per heavy atom. The minimum atomic E-state index is -2.26. The van der Waals surface area contributed by atoms with Crippen molar-refractivity contribution in [2.45, 2.75) is 41.0 Å². The van der Waals surface area contributed by atoms with Crippen molar-refractivity contribution in [2.24, 2.45) is 0 Å². The van der Waals surface area contributed by atoms with Crippen LogP contribution in [-0.2, 0) is 47.5 Å². The van der Waals surface area contributed by atoms with Crippen LogP contribution < -0.4 is 0 Å². The van der Waals surface area contributed by atoms with E-state index in [9.17, 15) is 9.59 Å². The van der Waals surface area contributed by atoms with Gasteiger partial charge in [-0.1, -0.05) is 25.1 Å². The van der Waals surface area contributed by atoms with Crippen molar-refractivity contribution in [1.82, 2.24) is 0 Å². The number of carbonyl (C=O) groups is 2. The van der Waals surface area contributed by atoms with Gasteiger partial charge in [0.05, 0.1) is 5.56 Å². The van der Waals surface area contributed by atoms with Crippen molar-refractivity contribution in [3.05, 3.63) is 35.4 Å². The second-order valence-corrected chi connectivity index (χ2v) is 7.80. The first kappa shape index (κ1) is 23.1. The van der Waals surface area contributed by atoms with Gasteiger partial charge in [-0.15, -0.1) is 0 Å². The fourth-order valence-electron chi connectivity index (χ4n) is 1.69. The van der Waals surface area contributed by atoms with Gasteiger partial charge >= 0.3 is 84.0 Å². The predicted molar refractivity (Wildman–Crippen MR) is 86.8 cm³/mol. The predicted octanol–water partition coefficient (Wildman–Crippen LogP) is 3.41. The zero-order valence-corrected chi connectivity index (χ0v) is 17.5. The molecule has 0 aromatic heterocycles. The molecule has 7 heteroatoms. The van der Waals surface area contributed by atoms with Gasteiger partial charge in [0.1, 0.15) is 0 Å². The standard InChI is InChI=1S/C11H12O3.3C2H5O.Zr/c1-3-9-6-4-5-7-10(9)11(13)14-8(2)12;3*1-2-3;/h4-7H,3H2,1-2H3;3*2H2,1H3;/q;3*-1;+3. The molecule has 24 heavy (non-hydrogen) atoms. The average Bonchev–Trinajstić information content (AvgIpc) is 2.55. The van der Waals surface area contributed by atoms with Gasteiger partial charge in [-0.25, -0.2) is 4.79 Å². The summed E-state index contributed by atoms with van der Waals surface area (Å²) < 4.78 is 20.3. The maximum absolute atomic E-state index is 11.4. The van der Waals surface area contributed by atoms with Crippen molar-refractivity contribution in [3.63, 3.8) is 0 Å². The Kier molecular flexibility index (Phi) is 13.9. The van der Waals surface area contributed by atoms with Crippen LogP contribution in [0.3, 0.4) is 0 Å². The Morgan fingerprint density at radius 2 is 1.42 bits per heavy atom. The van der Waals surface area contributed by atoms with E-state index in [0.717, 1.165) is 12.0 Å². The summed E-state index contributed by atoms with van der Waals surface area (Å²) in [6.45, 7) is 11.1. The molecule has 0 heterocycles. The molecule has 1 aromatic rings. The van der Waals surface area contributed by atoms with Crippen LogP contribution in [0.4, 0.5) is 0 Å². The molecule has 0 radical (unpaired) electrons. The van der Waals surface area contributed by atoms with Gasteiger partial charge in [-0.3, -0.25) is 4.79 Å². The van der Waals surface area contributed by atoms with Gasteiger partial charge in [0, 0.05) is 6.92 Å². The minimum Gasteiger partial charge on any atom is -0.390 e. The van der Waals surface area contributed by atoms with Crippen LogP contribution in [-0.4, -0.2) is 31.8 Å². The summed E-state index contributed by atoms with van der Waals surface area (Å²) >= 11 is -2.26. The molecule has 1 rings (SSSR count). The number of hydrogen-bond donors (Lipinski definition) is 0. The molecule has 0 amide bonds. The average molecular weight is 419 g/mol. The van der Waals surface area contributed by atoms with Crippen LogP contribution in [0.5, 0.6) is 0 Å². The minimum absolute atomic E-state index is 0.463. The number of rotatable bonds is 8. The first-order valence-electron chi connectivity index (χ1n) is 8.05. The van der Waals surface area contributed by atoms with Gasteiger partial charge in [0.2, 0.25) is 0 Å². The molecule has 0 spiro atoms. The van der Waals surface area contributed by atoms with E-state index in [2.05, 4.69) is 4.74 Å². The van der Waals surface area contributed by atoms with Crippen molar-refractivity contribution < 1.29 is 45.8 Å². The van der Waals surface area contributed by atoms with E-state index >= 15 is 0 Å². The third-order valence-electron chi connectivity index (χ3n) is 2.64. The van der Waals surface area contributed by atoms with E-state index in [-0.39, 0.29) is 0 Å². The third kappa shape index (κ3) is 10.1. The molecule has 0 aliphatic heterocycles. The molecule has 0 saturated heterocycles. The second kappa shape index (κ2) is 14.5. The first-order chi connectivity index (χ1) is 11.5. The number of esters is 2. The van der Waals surface area contributed by atoms with Gasteiger partial charge in [-0.05, 0) is 18.1 Å². The molecular weight excluding hydrogens is 391 g/mol. The number of aryl methyl sites for hydroxylation is 1. The van der Waals surface area contributed by atoms with E-state index in [0.29, 0.717) is 25.4 Å². The third-order valence-corrected chi connectivity index (χ3v) is 6.51. The molecule has 135 valence electrons. The zero-order chi connectivity index (χ0) is 18.4. The number of ether oxygens (including phenoxy) is 1. The van der Waals surface area contributed by atoms with Crippen LogP contribution in [0, 0.1) is 0 Å². The number of hydrogen-bond acceptors (Lipinski definition) is 6. The fraction of sp³-hybridized carbons (Fsp3) is 0.529. The molecule has 6 nitrogen and oxygen atoms in total. The fourth-order valence-corrected chi connectivity index (χ4v) is 4.04. The molecule has 0 saturated carbocycles. The monoisotopic (exact) mass is 417 g/mol. The molecule has 0 bridgehead atoms. The van der Waals surface area contributed by atoms with Crippen molar-refractivity contribution in [2.75, 3.05) is 19.8 Å². The SMILES string of the molecule is CC[O][Zr]([O]CC)[O]CC.CCc1ccccc1C(=O)OC(C)=O. The summed E-state index contributed by atoms with van der Waals surface area (Å²) in [5.74, 6) is -1.16. The molecule has 0 aliphatic carbocycles. The Labute approximate surface area is 154 Å². The topological polar surface area (TPSA) is 71.1 Å². The van der Waals surface area contributed by atoms with E-state index in [1.807, 2.05) is 39.8 Å². The summed E-state index contributed by atoms with van der Waals surface area (Å²) in [7, 11) is 0. The normalized spacial score (nSPS) is 9.71. The van der Waals surface area contributed by atoms with Crippen molar-refractivity contribution in [3.8, 4) is 0 Å². The van der Waals surface area contributed by atoms with Gasteiger partial charge in [0.25, 0.3) is 0 Å². The molecular formula is C17H27O6Zr. The summed E-state index contributed by atoms with van der Waals surface area (Å²) in [5, 5.41) is 0. The maximum atomic E-state index is 11.4. The molecule has 0 unspecified atom stereocenters. The summed E-state index contributed by atoms with van der Waals surface area (Å²) in [4.78, 5) is 22.0. The second-order valence-electron chi connectivity index (χ2n) is 4.44. The van der Waals surface area contributed by atoms with Gasteiger partial charge < -0.3 is 4.74 Å². The van der Waals surface area contributed by atoms with Gasteiger partial charge in [0.15, 0.2) is 0 Å². The molecule has 0 atom stereocenters. The Hall–Kier alpha value is -0.877. The summed E-state index contributed by atoms with van der Waals surface area (Å²) in [6, 6.07) is 7.10. The Bertz CT molecular complexity index is 477. The summed E-state index contributed by atoms with van der Waals surface area (Å²) in [5.41, 5.74) is 1.35. The van der Waals surface area contributed by atoms with Crippen LogP contribution in [0.1, 0.15) is 50.5 Å². The van der Waals surface area contributed by atoms with Crippen LogP contribution in [0.25, 0.3) is 0 Å².